The highest BCUT2D eigenvalue weighted by Gasteiger charge is 2.23. The summed E-state index contributed by atoms with van der Waals surface area (Å²) in [4.78, 5) is 14.0. The van der Waals surface area contributed by atoms with Gasteiger partial charge in [-0.1, -0.05) is 6.07 Å². The lowest BCUT2D eigenvalue weighted by Crippen LogP contribution is -2.43. The van der Waals surface area contributed by atoms with Crippen LogP contribution >= 0.6 is 0 Å². The Morgan fingerprint density at radius 3 is 2.71 bits per heavy atom. The van der Waals surface area contributed by atoms with Crippen LogP contribution in [0.1, 0.15) is 25.3 Å². The van der Waals surface area contributed by atoms with Gasteiger partial charge in [-0.15, -0.1) is 0 Å². The van der Waals surface area contributed by atoms with Crippen LogP contribution in [-0.4, -0.2) is 49.8 Å². The molecule has 7 heteroatoms. The average molecular weight is 342 g/mol. The third kappa shape index (κ3) is 5.33. The summed E-state index contributed by atoms with van der Waals surface area (Å²) >= 11 is 0. The zero-order valence-corrected chi connectivity index (χ0v) is 14.1. The Bertz CT molecular complexity index is 547. The van der Waals surface area contributed by atoms with Crippen molar-refractivity contribution >= 4 is 11.7 Å². The van der Waals surface area contributed by atoms with Crippen molar-refractivity contribution in [3.63, 3.8) is 0 Å². The summed E-state index contributed by atoms with van der Waals surface area (Å²) in [7, 11) is 0. The molecule has 1 fully saturated rings. The van der Waals surface area contributed by atoms with Gasteiger partial charge in [0.2, 0.25) is 0 Å². The minimum absolute atomic E-state index is 0.200. The Balaban J connectivity index is 1.91. The van der Waals surface area contributed by atoms with E-state index in [0.29, 0.717) is 31.1 Å². The maximum atomic E-state index is 12.3. The molecule has 0 spiro atoms. The quantitative estimate of drug-likeness (QED) is 0.858. The fourth-order valence-electron chi connectivity index (χ4n) is 2.65. The standard InChI is InChI=1S/C17H24F2N2O3/c1-3-23-14-6-8-21(9-7-14)17(22)20-13-5-4-12(2)15(10-13)24-11-16(18)19/h4-5,10,14,16H,3,6-9,11H2,1-2H3,(H,20,22). The fraction of sp³-hybridized carbons (Fsp3) is 0.588. The Labute approximate surface area is 140 Å². The number of hydrogen-bond donors (Lipinski definition) is 1. The first kappa shape index (κ1) is 18.4. The number of piperidine rings is 1. The van der Waals surface area contributed by atoms with E-state index in [9.17, 15) is 13.6 Å². The van der Waals surface area contributed by atoms with Crippen LogP contribution in [0.25, 0.3) is 0 Å². The number of carbonyl (C=O) groups is 1. The van der Waals surface area contributed by atoms with Crippen molar-refractivity contribution in [2.75, 3.05) is 31.6 Å². The lowest BCUT2D eigenvalue weighted by Gasteiger charge is -2.31. The van der Waals surface area contributed by atoms with Crippen LogP contribution in [0.4, 0.5) is 19.3 Å². The number of aryl methyl sites for hydroxylation is 1. The number of carbonyl (C=O) groups excluding carboxylic acids is 1. The second-order valence-electron chi connectivity index (χ2n) is 5.75. The Hall–Kier alpha value is -1.89. The van der Waals surface area contributed by atoms with Crippen molar-refractivity contribution in [3.8, 4) is 5.75 Å². The fourth-order valence-corrected chi connectivity index (χ4v) is 2.65. The lowest BCUT2D eigenvalue weighted by atomic mass is 10.1. The van der Waals surface area contributed by atoms with Gasteiger partial charge in [0.25, 0.3) is 6.43 Å². The number of likely N-dealkylation sites (tertiary alicyclic amines) is 1. The summed E-state index contributed by atoms with van der Waals surface area (Å²) in [5.74, 6) is 0.350. The number of ether oxygens (including phenoxy) is 2. The number of rotatable bonds is 6. The van der Waals surface area contributed by atoms with Gasteiger partial charge in [-0.25, -0.2) is 13.6 Å². The SMILES string of the molecule is CCOC1CCN(C(=O)Nc2ccc(C)c(OCC(F)F)c2)CC1. The predicted octanol–water partition coefficient (Wildman–Crippen LogP) is 3.67. The van der Waals surface area contributed by atoms with Crippen LogP contribution in [0.2, 0.25) is 0 Å². The van der Waals surface area contributed by atoms with Crippen LogP contribution in [0.3, 0.4) is 0 Å². The molecule has 0 atom stereocenters. The minimum Gasteiger partial charge on any atom is -0.487 e. The van der Waals surface area contributed by atoms with E-state index in [2.05, 4.69) is 5.32 Å². The molecule has 2 amide bonds. The van der Waals surface area contributed by atoms with E-state index < -0.39 is 13.0 Å². The first-order chi connectivity index (χ1) is 11.5. The molecule has 1 heterocycles. The molecule has 5 nitrogen and oxygen atoms in total. The summed E-state index contributed by atoms with van der Waals surface area (Å²) in [5, 5.41) is 2.79. The number of benzene rings is 1. The molecule has 0 unspecified atom stereocenters. The van der Waals surface area contributed by atoms with Crippen LogP contribution in [0.15, 0.2) is 18.2 Å². The Morgan fingerprint density at radius 2 is 2.08 bits per heavy atom. The molecule has 1 N–H and O–H groups in total. The largest absolute Gasteiger partial charge is 0.487 e. The van der Waals surface area contributed by atoms with Crippen LogP contribution < -0.4 is 10.1 Å². The molecule has 134 valence electrons. The summed E-state index contributed by atoms with van der Waals surface area (Å²) < 4.78 is 35.2. The van der Waals surface area contributed by atoms with E-state index in [1.807, 2.05) is 6.92 Å². The van der Waals surface area contributed by atoms with Crippen molar-refractivity contribution in [2.24, 2.45) is 0 Å². The number of urea groups is 1. The van der Waals surface area contributed by atoms with E-state index in [1.54, 1.807) is 30.0 Å². The molecule has 1 aromatic rings. The molecule has 0 aromatic heterocycles. The number of nitrogens with zero attached hydrogens (tertiary/aromatic N) is 1. The van der Waals surface area contributed by atoms with Crippen molar-refractivity contribution in [1.82, 2.24) is 4.90 Å². The van der Waals surface area contributed by atoms with Gasteiger partial charge in [0.05, 0.1) is 6.10 Å². The molecule has 0 aliphatic carbocycles. The van der Waals surface area contributed by atoms with Crippen LogP contribution in [0, 0.1) is 6.92 Å². The molecular formula is C17H24F2N2O3. The van der Waals surface area contributed by atoms with Gasteiger partial charge in [-0.3, -0.25) is 0 Å². The third-order valence-corrected chi connectivity index (χ3v) is 3.94. The summed E-state index contributed by atoms with van der Waals surface area (Å²) in [5.41, 5.74) is 1.27. The topological polar surface area (TPSA) is 50.8 Å². The average Bonchev–Trinajstić information content (AvgIpc) is 2.56. The van der Waals surface area contributed by atoms with Crippen LogP contribution in [-0.2, 0) is 4.74 Å². The second kappa shape index (κ2) is 8.82. The van der Waals surface area contributed by atoms with E-state index in [1.165, 1.54) is 0 Å². The van der Waals surface area contributed by atoms with E-state index in [-0.39, 0.29) is 12.1 Å². The highest BCUT2D eigenvalue weighted by Crippen LogP contribution is 2.24. The maximum Gasteiger partial charge on any atom is 0.321 e. The van der Waals surface area contributed by atoms with Gasteiger partial charge in [0, 0.05) is 31.5 Å². The van der Waals surface area contributed by atoms with Crippen molar-refractivity contribution in [2.45, 2.75) is 39.2 Å². The van der Waals surface area contributed by atoms with Crippen molar-refractivity contribution in [3.05, 3.63) is 23.8 Å². The van der Waals surface area contributed by atoms with Crippen molar-refractivity contribution in [1.29, 1.82) is 0 Å². The highest BCUT2D eigenvalue weighted by molar-refractivity contribution is 5.89. The maximum absolute atomic E-state index is 12.3. The molecule has 2 rings (SSSR count). The van der Waals surface area contributed by atoms with Gasteiger partial charge in [0.1, 0.15) is 12.4 Å². The first-order valence-corrected chi connectivity index (χ1v) is 8.18. The molecule has 1 aliphatic rings. The second-order valence-corrected chi connectivity index (χ2v) is 5.75. The predicted molar refractivity (Wildman–Crippen MR) is 87.9 cm³/mol. The number of amides is 2. The van der Waals surface area contributed by atoms with Gasteiger partial charge in [-0.2, -0.15) is 0 Å². The highest BCUT2D eigenvalue weighted by atomic mass is 19.3. The number of alkyl halides is 2. The third-order valence-electron chi connectivity index (χ3n) is 3.94. The molecule has 0 bridgehead atoms. The summed E-state index contributed by atoms with van der Waals surface area (Å²) in [6.07, 6.45) is -0.683. The smallest absolute Gasteiger partial charge is 0.321 e. The van der Waals surface area contributed by atoms with Crippen LogP contribution in [0.5, 0.6) is 5.75 Å². The molecular weight excluding hydrogens is 318 g/mol. The van der Waals surface area contributed by atoms with E-state index in [0.717, 1.165) is 18.4 Å². The monoisotopic (exact) mass is 342 g/mol. The zero-order valence-electron chi connectivity index (χ0n) is 14.1. The summed E-state index contributed by atoms with van der Waals surface area (Å²) in [6.45, 7) is 5.02. The number of anilines is 1. The Kier molecular flexibility index (Phi) is 6.78. The normalized spacial score (nSPS) is 15.6. The first-order valence-electron chi connectivity index (χ1n) is 8.18. The van der Waals surface area contributed by atoms with E-state index in [4.69, 9.17) is 9.47 Å². The molecule has 0 radical (unpaired) electrons. The minimum atomic E-state index is -2.53. The number of nitrogens with one attached hydrogen (secondary N) is 1. The Morgan fingerprint density at radius 1 is 1.38 bits per heavy atom. The zero-order chi connectivity index (χ0) is 17.5. The number of halogens is 2. The molecule has 24 heavy (non-hydrogen) atoms. The van der Waals surface area contributed by atoms with Gasteiger partial charge in [-0.05, 0) is 38.3 Å². The summed E-state index contributed by atoms with van der Waals surface area (Å²) in [6, 6.07) is 4.84. The van der Waals surface area contributed by atoms with Crippen molar-refractivity contribution < 1.29 is 23.0 Å². The van der Waals surface area contributed by atoms with Gasteiger partial charge < -0.3 is 19.7 Å². The van der Waals surface area contributed by atoms with Gasteiger partial charge in [0.15, 0.2) is 0 Å². The van der Waals surface area contributed by atoms with Gasteiger partial charge >= 0.3 is 6.03 Å². The molecule has 1 aliphatic heterocycles. The molecule has 0 saturated carbocycles. The lowest BCUT2D eigenvalue weighted by molar-refractivity contribution is 0.0232. The van der Waals surface area contributed by atoms with E-state index >= 15 is 0 Å². The molecule has 1 aromatic carbocycles. The number of hydrogen-bond acceptors (Lipinski definition) is 3. The molecule has 1 saturated heterocycles.